The lowest BCUT2D eigenvalue weighted by atomic mass is 10.3. The van der Waals surface area contributed by atoms with E-state index in [9.17, 15) is 9.59 Å². The Balaban J connectivity index is 0.000000331. The van der Waals surface area contributed by atoms with Crippen LogP contribution in [0.2, 0.25) is 0 Å². The first-order valence-electron chi connectivity index (χ1n) is 9.83. The molecular weight excluding hydrogens is 452 g/mol. The maximum Gasteiger partial charge on any atom is 0.370 e. The molecule has 11 heteroatoms. The summed E-state index contributed by atoms with van der Waals surface area (Å²) in [6.07, 6.45) is 1.09. The molecule has 0 unspecified atom stereocenters. The van der Waals surface area contributed by atoms with Crippen LogP contribution in [0.15, 0.2) is 58.7 Å². The van der Waals surface area contributed by atoms with E-state index in [-0.39, 0.29) is 11.8 Å². The van der Waals surface area contributed by atoms with Gasteiger partial charge in [-0.25, -0.2) is 9.59 Å². The van der Waals surface area contributed by atoms with Gasteiger partial charge in [-0.2, -0.15) is 10.2 Å². The molecule has 0 amide bonds. The number of rotatable bonds is 10. The number of halogens is 1. The number of hydrogen-bond acceptors (Lipinski definition) is 10. The number of anilines is 2. The zero-order valence-electron chi connectivity index (χ0n) is 18.8. The summed E-state index contributed by atoms with van der Waals surface area (Å²) >= 11 is 5.61. The average molecular weight is 479 g/mol. The van der Waals surface area contributed by atoms with Crippen LogP contribution in [0.25, 0.3) is 0 Å². The van der Waals surface area contributed by atoms with Crippen molar-refractivity contribution in [3.63, 3.8) is 0 Å². The van der Waals surface area contributed by atoms with Crippen LogP contribution >= 0.6 is 11.6 Å². The van der Waals surface area contributed by atoms with Gasteiger partial charge in [-0.15, -0.1) is 0 Å². The average Bonchev–Trinajstić information content (AvgIpc) is 2.84. The third-order valence-electron chi connectivity index (χ3n) is 3.56. The topological polar surface area (TPSA) is 120 Å². The fraction of sp³-hybridized carbons (Fsp3) is 0.273. The van der Waals surface area contributed by atoms with Crippen molar-refractivity contribution in [3.8, 4) is 11.5 Å². The number of esters is 2. The Bertz CT molecular complexity index is 917. The Kier molecular flexibility index (Phi) is 13.2. The number of carbonyl (C=O) groups is 2. The molecule has 0 atom stereocenters. The van der Waals surface area contributed by atoms with Gasteiger partial charge in [0.25, 0.3) is 0 Å². The van der Waals surface area contributed by atoms with Gasteiger partial charge in [-0.05, 0) is 62.4 Å². The first kappa shape index (κ1) is 27.2. The number of nitrogens with zero attached hydrogens (tertiary/aromatic N) is 2. The van der Waals surface area contributed by atoms with Crippen LogP contribution in [-0.2, 0) is 19.1 Å². The minimum atomic E-state index is -0.657. The molecule has 0 saturated heterocycles. The summed E-state index contributed by atoms with van der Waals surface area (Å²) in [5.41, 5.74) is 6.79. The third-order valence-corrected chi connectivity index (χ3v) is 3.80. The van der Waals surface area contributed by atoms with Gasteiger partial charge in [0.05, 0.1) is 38.8 Å². The second-order valence-corrected chi connectivity index (χ2v) is 6.17. The summed E-state index contributed by atoms with van der Waals surface area (Å²) in [7, 11) is 3.18. The second kappa shape index (κ2) is 15.9. The Morgan fingerprint density at radius 2 is 1.33 bits per heavy atom. The van der Waals surface area contributed by atoms with Crippen LogP contribution in [0.3, 0.4) is 0 Å². The lowest BCUT2D eigenvalue weighted by molar-refractivity contribution is -0.135. The molecule has 33 heavy (non-hydrogen) atoms. The smallest absolute Gasteiger partial charge is 0.370 e. The minimum Gasteiger partial charge on any atom is -0.497 e. The molecule has 2 N–H and O–H groups in total. The van der Waals surface area contributed by atoms with Gasteiger partial charge in [-0.3, -0.25) is 10.9 Å². The van der Waals surface area contributed by atoms with Crippen LogP contribution in [0.5, 0.6) is 11.5 Å². The molecule has 0 saturated carbocycles. The van der Waals surface area contributed by atoms with Crippen molar-refractivity contribution < 1.29 is 28.5 Å². The molecule has 0 aliphatic heterocycles. The van der Waals surface area contributed by atoms with E-state index in [0.717, 1.165) is 23.4 Å². The van der Waals surface area contributed by atoms with Crippen LogP contribution in [0.4, 0.5) is 11.4 Å². The van der Waals surface area contributed by atoms with E-state index < -0.39 is 11.9 Å². The van der Waals surface area contributed by atoms with E-state index in [4.69, 9.17) is 21.1 Å². The van der Waals surface area contributed by atoms with Crippen LogP contribution in [0.1, 0.15) is 13.8 Å². The number of benzene rings is 2. The van der Waals surface area contributed by atoms with Gasteiger partial charge in [0.1, 0.15) is 17.7 Å². The van der Waals surface area contributed by atoms with E-state index in [1.54, 1.807) is 76.6 Å². The molecule has 0 aliphatic carbocycles. The number of hydrogen-bond donors (Lipinski definition) is 2. The number of hydrazone groups is 2. The highest BCUT2D eigenvalue weighted by molar-refractivity contribution is 6.82. The Morgan fingerprint density at radius 1 is 0.848 bits per heavy atom. The van der Waals surface area contributed by atoms with Crippen molar-refractivity contribution in [1.82, 2.24) is 0 Å². The first-order valence-corrected chi connectivity index (χ1v) is 10.2. The normalized spacial score (nSPS) is 10.5. The van der Waals surface area contributed by atoms with Gasteiger partial charge in [0.15, 0.2) is 0 Å². The molecule has 178 valence electrons. The zero-order chi connectivity index (χ0) is 24.5. The standard InChI is InChI=1S/C11H13ClN2O3.C11H14N2O3/c1-3-17-11(15)10(12)14-13-8-4-6-9(16-2)7-5-8;1-3-16-11(14)8-12-13-9-4-6-10(15-2)7-5-9/h4-7,13H,3H2,1-2H3;4-8,13H,3H2,1-2H3/b14-10-;12-8+. The summed E-state index contributed by atoms with van der Waals surface area (Å²) < 4.78 is 19.3. The van der Waals surface area contributed by atoms with Gasteiger partial charge in [-0.1, -0.05) is 11.6 Å². The summed E-state index contributed by atoms with van der Waals surface area (Å²) in [6, 6.07) is 14.2. The molecule has 0 heterocycles. The molecule has 2 rings (SSSR count). The van der Waals surface area contributed by atoms with Crippen molar-refractivity contribution in [1.29, 1.82) is 0 Å². The van der Waals surface area contributed by atoms with E-state index in [2.05, 4.69) is 30.5 Å². The number of methoxy groups -OCH3 is 2. The van der Waals surface area contributed by atoms with Gasteiger partial charge in [0, 0.05) is 0 Å². The molecular formula is C22H27ClN4O6. The highest BCUT2D eigenvalue weighted by Gasteiger charge is 2.08. The molecule has 0 bridgehead atoms. The lowest BCUT2D eigenvalue weighted by Gasteiger charge is -2.03. The van der Waals surface area contributed by atoms with Crippen LogP contribution in [0, 0.1) is 0 Å². The van der Waals surface area contributed by atoms with E-state index in [1.165, 1.54) is 0 Å². The fourth-order valence-electron chi connectivity index (χ4n) is 2.02. The third kappa shape index (κ3) is 11.4. The van der Waals surface area contributed by atoms with Crippen LogP contribution < -0.4 is 20.3 Å². The Morgan fingerprint density at radius 3 is 1.79 bits per heavy atom. The molecule has 0 radical (unpaired) electrons. The van der Waals surface area contributed by atoms with E-state index in [0.29, 0.717) is 12.3 Å². The number of carbonyl (C=O) groups excluding carboxylic acids is 2. The van der Waals surface area contributed by atoms with Crippen LogP contribution in [-0.4, -0.2) is 50.8 Å². The van der Waals surface area contributed by atoms with Crippen molar-refractivity contribution in [2.75, 3.05) is 38.3 Å². The molecule has 0 aromatic heterocycles. The monoisotopic (exact) mass is 478 g/mol. The summed E-state index contributed by atoms with van der Waals surface area (Å²) in [4.78, 5) is 22.0. The van der Waals surface area contributed by atoms with E-state index in [1.807, 2.05) is 0 Å². The van der Waals surface area contributed by atoms with Crippen molar-refractivity contribution >= 4 is 46.3 Å². The second-order valence-electron chi connectivity index (χ2n) is 5.81. The largest absolute Gasteiger partial charge is 0.497 e. The van der Waals surface area contributed by atoms with Crippen molar-refractivity contribution in [2.24, 2.45) is 10.2 Å². The summed E-state index contributed by atoms with van der Waals surface area (Å²) in [5.74, 6) is 0.370. The molecule has 0 aliphatic rings. The van der Waals surface area contributed by atoms with Crippen molar-refractivity contribution in [2.45, 2.75) is 13.8 Å². The maximum absolute atomic E-state index is 11.1. The predicted molar refractivity (Wildman–Crippen MR) is 128 cm³/mol. The predicted octanol–water partition coefficient (Wildman–Crippen LogP) is 3.88. The number of ether oxygens (including phenoxy) is 4. The lowest BCUT2D eigenvalue weighted by Crippen LogP contribution is -2.13. The van der Waals surface area contributed by atoms with E-state index >= 15 is 0 Å². The Labute approximate surface area is 197 Å². The maximum atomic E-state index is 11.1. The summed E-state index contributed by atoms with van der Waals surface area (Å²) in [5, 5.41) is 7.16. The first-order chi connectivity index (χ1) is 15.9. The van der Waals surface area contributed by atoms with Gasteiger partial charge in [0.2, 0.25) is 5.17 Å². The van der Waals surface area contributed by atoms with Gasteiger partial charge >= 0.3 is 11.9 Å². The Hall–Kier alpha value is -3.79. The fourth-order valence-corrected chi connectivity index (χ4v) is 2.12. The quantitative estimate of drug-likeness (QED) is 0.300. The molecule has 0 fully saturated rings. The minimum absolute atomic E-state index is 0.248. The van der Waals surface area contributed by atoms with Crippen molar-refractivity contribution in [3.05, 3.63) is 48.5 Å². The highest BCUT2D eigenvalue weighted by Crippen LogP contribution is 2.15. The molecule has 2 aromatic carbocycles. The number of nitrogens with one attached hydrogen (secondary N) is 2. The van der Waals surface area contributed by atoms with Gasteiger partial charge < -0.3 is 18.9 Å². The highest BCUT2D eigenvalue weighted by atomic mass is 35.5. The SMILES string of the molecule is CCOC(=O)/C(Cl)=N/Nc1ccc(OC)cc1.CCOC(=O)/C=N/Nc1ccc(OC)cc1. The summed E-state index contributed by atoms with van der Waals surface area (Å²) in [6.45, 7) is 4.03. The molecule has 0 spiro atoms. The molecule has 2 aromatic rings. The zero-order valence-corrected chi connectivity index (χ0v) is 19.6. The molecule has 10 nitrogen and oxygen atoms in total.